The Morgan fingerprint density at radius 1 is 0.324 bits per heavy atom. The minimum Gasteiger partial charge on any atom is -0.381 e. The van der Waals surface area contributed by atoms with Gasteiger partial charge in [-0.15, -0.1) is 0 Å². The van der Waals surface area contributed by atoms with Crippen LogP contribution < -0.4 is 10.6 Å². The molecule has 0 unspecified atom stereocenters. The summed E-state index contributed by atoms with van der Waals surface area (Å²) in [5.41, 5.74) is 0. The van der Waals surface area contributed by atoms with Crippen LogP contribution in [0.2, 0.25) is 0 Å². The largest absolute Gasteiger partial charge is 0.381 e. The fourth-order valence-corrected chi connectivity index (χ4v) is 11.6. The van der Waals surface area contributed by atoms with Crippen molar-refractivity contribution < 1.29 is 23.2 Å². The number of ether oxygens (including phenoxy) is 4. The molecule has 0 aromatic carbocycles. The SMILES string of the molecule is C=S1(=O)CCC(C)CC1.CC1CCCC1.CC1CCCCC1.CC1CCCCC1.CC1COC1.C[C@@H]1CCCNC1.C[C@@H]1CCCNC1.C[C@@H]1CCCOC1.C[C@H]1CCCOC1.C[C@H]1CCOC1. The number of piperidine rings is 2. The lowest BCUT2D eigenvalue weighted by molar-refractivity contribution is -0.0221. The van der Waals surface area contributed by atoms with Gasteiger partial charge in [-0.25, -0.2) is 0 Å². The van der Waals surface area contributed by atoms with Crippen molar-refractivity contribution in [3.8, 4) is 0 Å². The van der Waals surface area contributed by atoms with Crippen LogP contribution >= 0.6 is 0 Å². The first-order chi connectivity index (χ1) is 32.6. The zero-order chi connectivity index (χ0) is 50.1. The first-order valence-corrected chi connectivity index (χ1v) is 31.8. The van der Waals surface area contributed by atoms with Crippen LogP contribution in [0.1, 0.15) is 230 Å². The van der Waals surface area contributed by atoms with E-state index in [0.29, 0.717) is 0 Å². The Morgan fingerprint density at radius 2 is 0.632 bits per heavy atom. The van der Waals surface area contributed by atoms with Gasteiger partial charge in [0.25, 0.3) is 0 Å². The number of hydrogen-bond donors (Lipinski definition) is 2. The van der Waals surface area contributed by atoms with E-state index in [0.717, 1.165) is 136 Å². The molecule has 0 amide bonds. The van der Waals surface area contributed by atoms with Gasteiger partial charge in [0, 0.05) is 57.1 Å². The van der Waals surface area contributed by atoms with E-state index in [1.54, 1.807) is 0 Å². The van der Waals surface area contributed by atoms with Crippen molar-refractivity contribution in [3.05, 3.63) is 0 Å². The smallest absolute Gasteiger partial charge is 0.0513 e. The lowest BCUT2D eigenvalue weighted by atomic mass is 9.91. The fraction of sp³-hybridized carbons (Fsp3) is 0.983. The van der Waals surface area contributed by atoms with Crippen LogP contribution in [-0.2, 0) is 28.5 Å². The highest BCUT2D eigenvalue weighted by atomic mass is 32.2. The summed E-state index contributed by atoms with van der Waals surface area (Å²) in [6, 6.07) is 0. The molecular weight excluding hydrogens is 861 g/mol. The highest BCUT2D eigenvalue weighted by molar-refractivity contribution is 8.00. The van der Waals surface area contributed by atoms with Gasteiger partial charge < -0.3 is 29.6 Å². The number of nitrogens with one attached hydrogen (secondary N) is 2. The zero-order valence-electron chi connectivity index (χ0n) is 47.5. The van der Waals surface area contributed by atoms with Gasteiger partial charge in [-0.05, 0) is 165 Å². The van der Waals surface area contributed by atoms with Gasteiger partial charge in [0.05, 0.1) is 13.2 Å². The van der Waals surface area contributed by atoms with Gasteiger partial charge >= 0.3 is 0 Å². The third-order valence-electron chi connectivity index (χ3n) is 15.2. The summed E-state index contributed by atoms with van der Waals surface area (Å²) in [5, 5.41) is 6.67. The number of rotatable bonds is 0. The molecule has 2 N–H and O–H groups in total. The van der Waals surface area contributed by atoms with Crippen molar-refractivity contribution in [3.63, 3.8) is 0 Å². The van der Waals surface area contributed by atoms with E-state index < -0.39 is 9.52 Å². The maximum Gasteiger partial charge on any atom is 0.0513 e. The van der Waals surface area contributed by atoms with Gasteiger partial charge in [-0.3, -0.25) is 4.21 Å². The topological polar surface area (TPSA) is 78.1 Å². The Morgan fingerprint density at radius 3 is 0.779 bits per heavy atom. The van der Waals surface area contributed by atoms with Gasteiger partial charge in [0.2, 0.25) is 0 Å². The van der Waals surface area contributed by atoms with Gasteiger partial charge in [-0.2, -0.15) is 0 Å². The summed E-state index contributed by atoms with van der Waals surface area (Å²) >= 11 is 0. The molecule has 0 aromatic heterocycles. The Balaban J connectivity index is 0.000000379. The summed E-state index contributed by atoms with van der Waals surface area (Å²) in [6.07, 6.45) is 35.2. The van der Waals surface area contributed by atoms with E-state index in [4.69, 9.17) is 18.9 Å². The van der Waals surface area contributed by atoms with Crippen molar-refractivity contribution in [2.75, 3.05) is 90.5 Å². The van der Waals surface area contributed by atoms with Gasteiger partial charge in [-0.1, -0.05) is 159 Å². The lowest BCUT2D eigenvalue weighted by Gasteiger charge is -2.20. The first kappa shape index (κ1) is 65.8. The summed E-state index contributed by atoms with van der Waals surface area (Å²) in [6.45, 7) is 35.6. The predicted molar refractivity (Wildman–Crippen MR) is 301 cm³/mol. The normalized spacial score (nSPS) is 31.9. The van der Waals surface area contributed by atoms with Crippen LogP contribution in [-0.4, -0.2) is 101 Å². The van der Waals surface area contributed by atoms with E-state index >= 15 is 0 Å². The summed E-state index contributed by atoms with van der Waals surface area (Å²) in [5.74, 6) is 14.4. The highest BCUT2D eigenvalue weighted by Gasteiger charge is 2.16. The predicted octanol–water partition coefficient (Wildman–Crippen LogP) is 15.1. The minimum absolute atomic E-state index is 0.779. The maximum atomic E-state index is 11.2. The van der Waals surface area contributed by atoms with Crippen LogP contribution in [0.5, 0.6) is 0 Å². The third kappa shape index (κ3) is 43.4. The molecule has 10 fully saturated rings. The van der Waals surface area contributed by atoms with E-state index in [2.05, 4.69) is 85.7 Å². The molecule has 10 rings (SSSR count). The summed E-state index contributed by atoms with van der Waals surface area (Å²) < 4.78 is 31.5. The quantitative estimate of drug-likeness (QED) is 0.234. The second-order valence-electron chi connectivity index (χ2n) is 24.1. The Labute approximate surface area is 426 Å². The van der Waals surface area contributed by atoms with Crippen molar-refractivity contribution in [2.24, 2.45) is 59.2 Å². The molecule has 3 aliphatic carbocycles. The lowest BCUT2D eigenvalue weighted by Crippen LogP contribution is -2.27. The van der Waals surface area contributed by atoms with E-state index in [9.17, 15) is 4.21 Å². The molecule has 5 atom stereocenters. The van der Waals surface area contributed by atoms with Crippen LogP contribution in [0.3, 0.4) is 0 Å². The molecule has 0 aromatic rings. The second kappa shape index (κ2) is 44.3. The average molecular weight is 984 g/mol. The third-order valence-corrected chi connectivity index (χ3v) is 17.2. The van der Waals surface area contributed by atoms with Crippen molar-refractivity contribution in [1.29, 1.82) is 0 Å². The minimum atomic E-state index is -1.62. The fourth-order valence-electron chi connectivity index (χ4n) is 9.68. The molecule has 0 bridgehead atoms. The van der Waals surface area contributed by atoms with Gasteiger partial charge in [0.1, 0.15) is 0 Å². The first-order valence-electron chi connectivity index (χ1n) is 29.7. The molecule has 7 nitrogen and oxygen atoms in total. The molecule has 7 aliphatic heterocycles. The molecule has 408 valence electrons. The van der Waals surface area contributed by atoms with Crippen molar-refractivity contribution >= 4 is 15.4 Å². The monoisotopic (exact) mass is 983 g/mol. The van der Waals surface area contributed by atoms with E-state index in [1.165, 1.54) is 174 Å². The number of hydrogen-bond acceptors (Lipinski definition) is 7. The summed E-state index contributed by atoms with van der Waals surface area (Å²) in [7, 11) is -1.62. The van der Waals surface area contributed by atoms with Gasteiger partial charge in [0.15, 0.2) is 0 Å². The van der Waals surface area contributed by atoms with E-state index in [1.807, 2.05) is 0 Å². The maximum absolute atomic E-state index is 11.2. The second-order valence-corrected chi connectivity index (χ2v) is 26.8. The van der Waals surface area contributed by atoms with Crippen molar-refractivity contribution in [1.82, 2.24) is 10.6 Å². The molecule has 0 radical (unpaired) electrons. The van der Waals surface area contributed by atoms with Crippen molar-refractivity contribution in [2.45, 2.75) is 230 Å². The van der Waals surface area contributed by atoms with Crippen LogP contribution in [0.25, 0.3) is 0 Å². The van der Waals surface area contributed by atoms with Crippen LogP contribution in [0, 0.1) is 59.2 Å². The molecule has 7 saturated heterocycles. The molecule has 68 heavy (non-hydrogen) atoms. The molecule has 10 aliphatic rings. The molecule has 3 saturated carbocycles. The Hall–Kier alpha value is -0.220. The average Bonchev–Trinajstić information content (AvgIpc) is 4.03. The molecular formula is C60H122N2O5S. The van der Waals surface area contributed by atoms with Crippen LogP contribution in [0.4, 0.5) is 0 Å². The standard InChI is InChI=1S/C7H14OS.2C7H14.2C6H13N.2C6H12O.C6H12.C5H10O.C4H8O/c1-7-3-5-9(2,8)6-4-7;2*1-7-5-3-2-4-6-7;4*1-6-3-2-4-7-5-6;1-6-4-2-3-5-6;1-5-2-3-6-4-5;1-4-2-5-3-4/h7H,2-6H2,1H3;2*7H,2-6H2,1H3;2*6-7H,2-5H2,1H3;2*6H,2-5H2,1H3;6H,2-5H2,1H3;5H,2-4H2,1H3;4H,2-3H2,1H3/t;;;4*6-;;5-;/m...1110.0./s1. The summed E-state index contributed by atoms with van der Waals surface area (Å²) in [4.78, 5) is 0. The zero-order valence-corrected chi connectivity index (χ0v) is 48.3. The Bertz CT molecular complexity index is 984. The molecule has 0 spiro atoms. The Kier molecular flexibility index (Phi) is 42.8. The van der Waals surface area contributed by atoms with E-state index in [-0.39, 0.29) is 0 Å². The molecule has 8 heteroatoms. The molecule has 7 heterocycles. The van der Waals surface area contributed by atoms with Crippen LogP contribution in [0.15, 0.2) is 0 Å². The highest BCUT2D eigenvalue weighted by Crippen LogP contribution is 2.24.